The van der Waals surface area contributed by atoms with Gasteiger partial charge in [0.15, 0.2) is 6.61 Å². The summed E-state index contributed by atoms with van der Waals surface area (Å²) in [5, 5.41) is 6.61. The van der Waals surface area contributed by atoms with Gasteiger partial charge in [-0.15, -0.1) is 0 Å². The predicted molar refractivity (Wildman–Crippen MR) is 167 cm³/mol. The van der Waals surface area contributed by atoms with E-state index in [2.05, 4.69) is 36.3 Å². The topological polar surface area (TPSA) is 91.0 Å². The van der Waals surface area contributed by atoms with Crippen molar-refractivity contribution >= 4 is 35.0 Å². The molecule has 2 aromatic carbocycles. The smallest absolute Gasteiger partial charge is 0.265 e. The zero-order chi connectivity index (χ0) is 30.1. The second-order valence-electron chi connectivity index (χ2n) is 12.6. The molecule has 2 aromatic rings. The summed E-state index contributed by atoms with van der Waals surface area (Å²) >= 11 is 6.31. The van der Waals surface area contributed by atoms with Crippen LogP contribution in [0.1, 0.15) is 81.1 Å². The van der Waals surface area contributed by atoms with Gasteiger partial charge in [-0.2, -0.15) is 0 Å². The first kappa shape index (κ1) is 31.8. The molecule has 2 aliphatic heterocycles. The minimum atomic E-state index is -0.0853. The molecule has 2 heterocycles. The van der Waals surface area contributed by atoms with Crippen LogP contribution in [0.4, 0.5) is 5.69 Å². The molecule has 0 saturated carbocycles. The minimum absolute atomic E-state index is 0.0109. The van der Waals surface area contributed by atoms with Crippen molar-refractivity contribution in [2.45, 2.75) is 65.2 Å². The van der Waals surface area contributed by atoms with Crippen LogP contribution in [0.2, 0.25) is 5.02 Å². The molecule has 4 rings (SSSR count). The van der Waals surface area contributed by atoms with E-state index in [0.717, 1.165) is 68.7 Å². The Hall–Kier alpha value is -3.10. The molecule has 1 saturated heterocycles. The highest BCUT2D eigenvalue weighted by atomic mass is 35.5. The van der Waals surface area contributed by atoms with Crippen molar-refractivity contribution in [2.24, 2.45) is 5.41 Å². The van der Waals surface area contributed by atoms with E-state index in [0.29, 0.717) is 36.6 Å². The van der Waals surface area contributed by atoms with Crippen LogP contribution in [-0.2, 0) is 9.59 Å². The highest BCUT2D eigenvalue weighted by molar-refractivity contribution is 6.31. The van der Waals surface area contributed by atoms with Gasteiger partial charge in [0, 0.05) is 43.2 Å². The van der Waals surface area contributed by atoms with Gasteiger partial charge < -0.3 is 25.2 Å². The number of carbonyl (C=O) groups is 3. The summed E-state index contributed by atoms with van der Waals surface area (Å²) in [6, 6.07) is 13.3. The second-order valence-corrected chi connectivity index (χ2v) is 13.0. The first-order valence-corrected chi connectivity index (χ1v) is 15.6. The van der Waals surface area contributed by atoms with Crippen molar-refractivity contribution in [1.82, 2.24) is 15.5 Å². The number of amides is 3. The summed E-state index contributed by atoms with van der Waals surface area (Å²) in [5.74, 6) is 1.03. The lowest BCUT2D eigenvalue weighted by molar-refractivity contribution is -0.123. The van der Waals surface area contributed by atoms with Gasteiger partial charge in [-0.05, 0) is 86.4 Å². The number of rotatable bonds is 12. The highest BCUT2D eigenvalue weighted by Gasteiger charge is 2.28. The number of hydrogen-bond acceptors (Lipinski definition) is 5. The molecule has 3 amide bonds. The number of piperidine rings is 1. The number of nitrogens with one attached hydrogen (secondary N) is 2. The lowest BCUT2D eigenvalue weighted by Crippen LogP contribution is -2.45. The Balaban J connectivity index is 1.21. The molecule has 0 bridgehead atoms. The maximum Gasteiger partial charge on any atom is 0.265 e. The Morgan fingerprint density at radius 1 is 0.976 bits per heavy atom. The van der Waals surface area contributed by atoms with Crippen molar-refractivity contribution in [3.05, 3.63) is 58.6 Å². The predicted octanol–water partition coefficient (Wildman–Crippen LogP) is 5.40. The third kappa shape index (κ3) is 9.20. The number of unbranched alkanes of at least 4 members (excludes halogenated alkanes) is 2. The quantitative estimate of drug-likeness (QED) is 0.320. The van der Waals surface area contributed by atoms with Crippen LogP contribution in [0.15, 0.2) is 42.5 Å². The van der Waals surface area contributed by atoms with Crippen molar-refractivity contribution in [3.8, 4) is 5.75 Å². The van der Waals surface area contributed by atoms with Crippen LogP contribution in [0, 0.1) is 5.41 Å². The minimum Gasteiger partial charge on any atom is -0.482 e. The summed E-state index contributed by atoms with van der Waals surface area (Å²) < 4.78 is 5.57. The lowest BCUT2D eigenvalue weighted by Gasteiger charge is -2.35. The standard InChI is InChI=1S/C33H45ClN4O4/c1-33(2,3)22-30(39)35-15-7-4-8-16-36-32(41)27-21-25(34)11-12-26(27)24-13-17-37(18-14-24)19-20-38-28-9-5-6-10-29(28)42-23-31(38)40/h5-6,9-12,21,24H,4,7-8,13-20,22-23H2,1-3H3,(H,35,39)(H,36,41). The number of carbonyl (C=O) groups excluding carboxylic acids is 3. The number of nitrogens with zero attached hydrogens (tertiary/aromatic N) is 2. The first-order valence-electron chi connectivity index (χ1n) is 15.2. The maximum absolute atomic E-state index is 13.2. The number of hydrogen-bond donors (Lipinski definition) is 2. The molecular formula is C33H45ClN4O4. The zero-order valence-corrected chi connectivity index (χ0v) is 26.0. The summed E-state index contributed by atoms with van der Waals surface area (Å²) in [6.07, 6.45) is 5.07. The van der Waals surface area contributed by atoms with Gasteiger partial charge in [0.25, 0.3) is 11.8 Å². The molecule has 228 valence electrons. The van der Waals surface area contributed by atoms with E-state index >= 15 is 0 Å². The van der Waals surface area contributed by atoms with Crippen molar-refractivity contribution in [2.75, 3.05) is 50.8 Å². The number of para-hydroxylation sites is 2. The Morgan fingerprint density at radius 3 is 2.43 bits per heavy atom. The fourth-order valence-electron chi connectivity index (χ4n) is 5.69. The average Bonchev–Trinajstić information content (AvgIpc) is 2.95. The molecule has 0 aliphatic carbocycles. The molecule has 0 unspecified atom stereocenters. The Morgan fingerprint density at radius 2 is 1.69 bits per heavy atom. The van der Waals surface area contributed by atoms with E-state index in [4.69, 9.17) is 16.3 Å². The molecular weight excluding hydrogens is 552 g/mol. The summed E-state index contributed by atoms with van der Waals surface area (Å²) in [4.78, 5) is 41.9. The van der Waals surface area contributed by atoms with Crippen LogP contribution in [0.3, 0.4) is 0 Å². The third-order valence-electron chi connectivity index (χ3n) is 7.89. The largest absolute Gasteiger partial charge is 0.482 e. The number of anilines is 1. The molecule has 2 N–H and O–H groups in total. The number of likely N-dealkylation sites (tertiary alicyclic amines) is 1. The van der Waals surface area contributed by atoms with Crippen LogP contribution in [-0.4, -0.2) is 68.5 Å². The highest BCUT2D eigenvalue weighted by Crippen LogP contribution is 2.33. The fraction of sp³-hybridized carbons (Fsp3) is 0.545. The van der Waals surface area contributed by atoms with E-state index in [-0.39, 0.29) is 35.7 Å². The van der Waals surface area contributed by atoms with Gasteiger partial charge >= 0.3 is 0 Å². The molecule has 8 nitrogen and oxygen atoms in total. The van der Waals surface area contributed by atoms with Gasteiger partial charge in [-0.25, -0.2) is 0 Å². The molecule has 0 atom stereocenters. The molecule has 42 heavy (non-hydrogen) atoms. The van der Waals surface area contributed by atoms with Crippen LogP contribution < -0.4 is 20.3 Å². The van der Waals surface area contributed by atoms with E-state index in [9.17, 15) is 14.4 Å². The Kier molecular flexibility index (Phi) is 11.3. The molecule has 9 heteroatoms. The fourth-order valence-corrected chi connectivity index (χ4v) is 5.86. The van der Waals surface area contributed by atoms with Crippen LogP contribution >= 0.6 is 11.6 Å². The summed E-state index contributed by atoms with van der Waals surface area (Å²) in [7, 11) is 0. The maximum atomic E-state index is 13.2. The van der Waals surface area contributed by atoms with Gasteiger partial charge in [0.2, 0.25) is 5.91 Å². The van der Waals surface area contributed by atoms with Gasteiger partial charge in [-0.1, -0.05) is 50.6 Å². The van der Waals surface area contributed by atoms with Gasteiger partial charge in [-0.3, -0.25) is 14.4 Å². The van der Waals surface area contributed by atoms with Crippen molar-refractivity contribution in [1.29, 1.82) is 0 Å². The van der Waals surface area contributed by atoms with Gasteiger partial charge in [0.1, 0.15) is 5.75 Å². The normalized spacial score (nSPS) is 16.1. The first-order chi connectivity index (χ1) is 20.1. The molecule has 0 aromatic heterocycles. The van der Waals surface area contributed by atoms with Crippen molar-refractivity contribution < 1.29 is 19.1 Å². The molecule has 0 spiro atoms. The lowest BCUT2D eigenvalue weighted by atomic mass is 9.86. The zero-order valence-electron chi connectivity index (χ0n) is 25.2. The summed E-state index contributed by atoms with van der Waals surface area (Å²) in [5.41, 5.74) is 2.53. The van der Waals surface area contributed by atoms with Crippen LogP contribution in [0.5, 0.6) is 5.75 Å². The van der Waals surface area contributed by atoms with Gasteiger partial charge in [0.05, 0.1) is 5.69 Å². The molecule has 1 fully saturated rings. The molecule has 2 aliphatic rings. The van der Waals surface area contributed by atoms with E-state index in [1.807, 2.05) is 41.3 Å². The Bertz CT molecular complexity index is 1240. The summed E-state index contributed by atoms with van der Waals surface area (Å²) in [6.45, 7) is 10.7. The number of fused-ring (bicyclic) bond motifs is 1. The average molecular weight is 597 g/mol. The van der Waals surface area contributed by atoms with E-state index in [1.165, 1.54) is 0 Å². The second kappa shape index (κ2) is 14.9. The third-order valence-corrected chi connectivity index (χ3v) is 8.12. The van der Waals surface area contributed by atoms with Crippen LogP contribution in [0.25, 0.3) is 0 Å². The molecule has 0 radical (unpaired) electrons. The number of halogens is 1. The monoisotopic (exact) mass is 596 g/mol. The Labute approximate surface area is 255 Å². The van der Waals surface area contributed by atoms with E-state index in [1.54, 1.807) is 6.07 Å². The number of ether oxygens (including phenoxy) is 1. The SMILES string of the molecule is CC(C)(C)CC(=O)NCCCCCNC(=O)c1cc(Cl)ccc1C1CCN(CCN2C(=O)COc3ccccc32)CC1. The van der Waals surface area contributed by atoms with E-state index < -0.39 is 0 Å². The van der Waals surface area contributed by atoms with Crippen molar-refractivity contribution in [3.63, 3.8) is 0 Å². The number of benzene rings is 2.